The second kappa shape index (κ2) is 11.7. The second-order valence-corrected chi connectivity index (χ2v) is 8.62. The number of nitrogens with one attached hydrogen (secondary N) is 3. The summed E-state index contributed by atoms with van der Waals surface area (Å²) in [6.45, 7) is 0.374. The Labute approximate surface area is 196 Å². The lowest BCUT2D eigenvalue weighted by Gasteiger charge is -2.16. The number of anilines is 1. The highest BCUT2D eigenvalue weighted by Gasteiger charge is 2.26. The summed E-state index contributed by atoms with van der Waals surface area (Å²) in [5, 5.41) is 14.8. The van der Waals surface area contributed by atoms with Crippen molar-refractivity contribution in [3.05, 3.63) is 78.6 Å². The molecule has 11 nitrogen and oxygen atoms in total. The molecule has 4 N–H and O–H groups in total. The summed E-state index contributed by atoms with van der Waals surface area (Å²) in [7, 11) is -4.06. The number of amides is 1. The van der Waals surface area contributed by atoms with Gasteiger partial charge in [-0.2, -0.15) is 4.72 Å². The summed E-state index contributed by atoms with van der Waals surface area (Å²) in [4.78, 5) is 31.9. The number of benzene rings is 2. The zero-order valence-corrected chi connectivity index (χ0v) is 18.7. The predicted molar refractivity (Wildman–Crippen MR) is 123 cm³/mol. The van der Waals surface area contributed by atoms with Crippen LogP contribution in [-0.2, 0) is 14.8 Å². The number of carbonyl (C=O) groups excluding carboxylic acids is 1. The molecule has 1 aromatic heterocycles. The zero-order chi connectivity index (χ0) is 24.4. The number of carboxylic acid groups (broad SMARTS) is 1. The van der Waals surface area contributed by atoms with Crippen molar-refractivity contribution in [3.8, 4) is 5.75 Å². The van der Waals surface area contributed by atoms with E-state index in [0.29, 0.717) is 24.8 Å². The SMILES string of the molecule is O=C(NC[C@H](NS(=O)(=O)c1ccccc1)C(=O)O)c1ccc(OCCNc2ncccn2)cc1. The maximum Gasteiger partial charge on any atom is 0.323 e. The first kappa shape index (κ1) is 24.6. The molecule has 3 aromatic rings. The van der Waals surface area contributed by atoms with Gasteiger partial charge in [-0.25, -0.2) is 18.4 Å². The molecule has 0 unspecified atom stereocenters. The lowest BCUT2D eigenvalue weighted by Crippen LogP contribution is -2.48. The molecule has 2 aromatic carbocycles. The van der Waals surface area contributed by atoms with Gasteiger partial charge >= 0.3 is 5.97 Å². The van der Waals surface area contributed by atoms with Crippen molar-refractivity contribution in [2.24, 2.45) is 0 Å². The molecule has 1 heterocycles. The van der Waals surface area contributed by atoms with Crippen molar-refractivity contribution in [3.63, 3.8) is 0 Å². The fourth-order valence-corrected chi connectivity index (χ4v) is 3.97. The van der Waals surface area contributed by atoms with E-state index in [1.165, 1.54) is 36.4 Å². The smallest absolute Gasteiger partial charge is 0.323 e. The molecule has 12 heteroatoms. The van der Waals surface area contributed by atoms with Crippen molar-refractivity contribution in [2.45, 2.75) is 10.9 Å². The van der Waals surface area contributed by atoms with Crippen molar-refractivity contribution >= 4 is 27.8 Å². The van der Waals surface area contributed by atoms with E-state index in [-0.39, 0.29) is 10.5 Å². The minimum absolute atomic E-state index is 0.0744. The Morgan fingerprint density at radius 1 is 0.971 bits per heavy atom. The number of sulfonamides is 1. The van der Waals surface area contributed by atoms with Crippen LogP contribution in [0.5, 0.6) is 5.75 Å². The lowest BCUT2D eigenvalue weighted by molar-refractivity contribution is -0.138. The number of nitrogens with zero attached hydrogens (tertiary/aromatic N) is 2. The fraction of sp³-hybridized carbons (Fsp3) is 0.182. The maximum atomic E-state index is 12.4. The lowest BCUT2D eigenvalue weighted by atomic mass is 10.2. The topological polar surface area (TPSA) is 160 Å². The van der Waals surface area contributed by atoms with E-state index in [1.807, 2.05) is 0 Å². The van der Waals surface area contributed by atoms with Gasteiger partial charge in [-0.3, -0.25) is 9.59 Å². The normalized spacial score (nSPS) is 11.9. The molecule has 1 amide bonds. The van der Waals surface area contributed by atoms with Crippen LogP contribution >= 0.6 is 0 Å². The Hall–Kier alpha value is -4.03. The van der Waals surface area contributed by atoms with E-state index >= 15 is 0 Å². The van der Waals surface area contributed by atoms with E-state index in [9.17, 15) is 23.1 Å². The molecule has 0 saturated heterocycles. The van der Waals surface area contributed by atoms with Gasteiger partial charge in [0.15, 0.2) is 0 Å². The van der Waals surface area contributed by atoms with Gasteiger partial charge in [-0.1, -0.05) is 18.2 Å². The van der Waals surface area contributed by atoms with Crippen LogP contribution in [0, 0.1) is 0 Å². The Morgan fingerprint density at radius 2 is 1.65 bits per heavy atom. The quantitative estimate of drug-likeness (QED) is 0.276. The number of ether oxygens (including phenoxy) is 1. The maximum absolute atomic E-state index is 12.4. The Bertz CT molecular complexity index is 1190. The van der Waals surface area contributed by atoms with Crippen LogP contribution in [0.4, 0.5) is 5.95 Å². The van der Waals surface area contributed by atoms with Crippen LogP contribution in [0.2, 0.25) is 0 Å². The number of hydrogen-bond acceptors (Lipinski definition) is 8. The van der Waals surface area contributed by atoms with E-state index < -0.39 is 34.5 Å². The third-order valence-electron chi connectivity index (χ3n) is 4.45. The summed E-state index contributed by atoms with van der Waals surface area (Å²) < 4.78 is 32.4. The summed E-state index contributed by atoms with van der Waals surface area (Å²) in [5.74, 6) is -0.951. The van der Waals surface area contributed by atoms with Gasteiger partial charge in [0.25, 0.3) is 5.91 Å². The average Bonchev–Trinajstić information content (AvgIpc) is 2.85. The summed E-state index contributed by atoms with van der Waals surface area (Å²) in [6.07, 6.45) is 3.24. The molecule has 0 aliphatic carbocycles. The van der Waals surface area contributed by atoms with Crippen LogP contribution < -0.4 is 20.1 Å². The average molecular weight is 486 g/mol. The molecule has 178 valence electrons. The van der Waals surface area contributed by atoms with Gasteiger partial charge in [0.2, 0.25) is 16.0 Å². The van der Waals surface area contributed by atoms with Gasteiger partial charge in [-0.05, 0) is 42.5 Å². The van der Waals surface area contributed by atoms with Crippen LogP contribution in [0.25, 0.3) is 0 Å². The molecular formula is C22H23N5O6S. The van der Waals surface area contributed by atoms with E-state index in [4.69, 9.17) is 4.74 Å². The van der Waals surface area contributed by atoms with Crippen molar-refractivity contribution < 1.29 is 27.9 Å². The highest BCUT2D eigenvalue weighted by molar-refractivity contribution is 7.89. The minimum Gasteiger partial charge on any atom is -0.492 e. The third-order valence-corrected chi connectivity index (χ3v) is 5.94. The highest BCUT2D eigenvalue weighted by atomic mass is 32.2. The molecule has 0 fully saturated rings. The van der Waals surface area contributed by atoms with Crippen LogP contribution in [0.1, 0.15) is 10.4 Å². The second-order valence-electron chi connectivity index (χ2n) is 6.91. The van der Waals surface area contributed by atoms with Gasteiger partial charge < -0.3 is 20.5 Å². The first-order chi connectivity index (χ1) is 16.3. The summed E-state index contributed by atoms with van der Waals surface area (Å²) >= 11 is 0. The molecular weight excluding hydrogens is 462 g/mol. The molecule has 0 spiro atoms. The molecule has 0 aliphatic rings. The van der Waals surface area contributed by atoms with Crippen LogP contribution in [0.15, 0.2) is 78.0 Å². The molecule has 0 saturated carbocycles. The number of rotatable bonds is 12. The molecule has 0 aliphatic heterocycles. The van der Waals surface area contributed by atoms with Gasteiger partial charge in [0.1, 0.15) is 18.4 Å². The van der Waals surface area contributed by atoms with Crippen molar-refractivity contribution in [2.75, 3.05) is 25.0 Å². The Balaban J connectivity index is 1.48. The Morgan fingerprint density at radius 3 is 2.29 bits per heavy atom. The number of aliphatic carboxylic acids is 1. The monoisotopic (exact) mass is 485 g/mol. The van der Waals surface area contributed by atoms with Crippen molar-refractivity contribution in [1.29, 1.82) is 0 Å². The van der Waals surface area contributed by atoms with Crippen molar-refractivity contribution in [1.82, 2.24) is 20.0 Å². The fourth-order valence-electron chi connectivity index (χ4n) is 2.76. The number of hydrogen-bond donors (Lipinski definition) is 4. The van der Waals surface area contributed by atoms with Gasteiger partial charge in [0.05, 0.1) is 11.4 Å². The number of carbonyl (C=O) groups is 2. The molecule has 0 bridgehead atoms. The van der Waals surface area contributed by atoms with Crippen LogP contribution in [-0.4, -0.2) is 61.1 Å². The molecule has 0 radical (unpaired) electrons. The molecule has 3 rings (SSSR count). The summed E-state index contributed by atoms with van der Waals surface area (Å²) in [5.41, 5.74) is 0.262. The van der Waals surface area contributed by atoms with E-state index in [1.54, 1.807) is 36.7 Å². The standard InChI is InChI=1S/C22H23N5O6S/c28-20(26-15-19(21(29)30)27-34(31,32)18-5-2-1-3-6-18)16-7-9-17(10-8-16)33-14-13-25-22-23-11-4-12-24-22/h1-12,19,27H,13-15H2,(H,26,28)(H,29,30)(H,23,24,25)/t19-/m0/s1. The predicted octanol–water partition coefficient (Wildman–Crippen LogP) is 1.13. The van der Waals surface area contributed by atoms with E-state index in [0.717, 1.165) is 0 Å². The van der Waals surface area contributed by atoms with E-state index in [2.05, 4.69) is 25.3 Å². The van der Waals surface area contributed by atoms with Crippen LogP contribution in [0.3, 0.4) is 0 Å². The first-order valence-corrected chi connectivity index (χ1v) is 11.7. The first-order valence-electron chi connectivity index (χ1n) is 10.2. The molecule has 34 heavy (non-hydrogen) atoms. The highest BCUT2D eigenvalue weighted by Crippen LogP contribution is 2.12. The Kier molecular flexibility index (Phi) is 8.48. The third kappa shape index (κ3) is 7.25. The van der Waals surface area contributed by atoms with Gasteiger partial charge in [0, 0.05) is 24.5 Å². The zero-order valence-electron chi connectivity index (χ0n) is 17.9. The minimum atomic E-state index is -4.06. The largest absolute Gasteiger partial charge is 0.492 e. The summed E-state index contributed by atoms with van der Waals surface area (Å²) in [6, 6.07) is 13.8. The number of aromatic nitrogens is 2. The van der Waals surface area contributed by atoms with Gasteiger partial charge in [-0.15, -0.1) is 0 Å². The number of carboxylic acids is 1. The molecule has 1 atom stereocenters.